The monoisotopic (exact) mass is 334 g/mol. The van der Waals surface area contributed by atoms with E-state index in [1.54, 1.807) is 10.9 Å². The van der Waals surface area contributed by atoms with Crippen LogP contribution in [0.25, 0.3) is 5.69 Å². The number of aromatic nitrogens is 3. The van der Waals surface area contributed by atoms with E-state index in [9.17, 15) is 9.59 Å². The second kappa shape index (κ2) is 7.28. The first kappa shape index (κ1) is 17.0. The van der Waals surface area contributed by atoms with Crippen molar-refractivity contribution in [2.24, 2.45) is 0 Å². The van der Waals surface area contributed by atoms with E-state index in [0.717, 1.165) is 11.3 Å². The van der Waals surface area contributed by atoms with Gasteiger partial charge in [-0.25, -0.2) is 4.79 Å². The summed E-state index contributed by atoms with van der Waals surface area (Å²) in [6.07, 6.45) is 1.58. The molecular weight excluding hydrogens is 316 g/mol. The van der Waals surface area contributed by atoms with Crippen molar-refractivity contribution in [3.63, 3.8) is 0 Å². The average molecular weight is 334 g/mol. The van der Waals surface area contributed by atoms with Gasteiger partial charge in [0.25, 0.3) is 0 Å². The lowest BCUT2D eigenvalue weighted by Gasteiger charge is -2.21. The number of hydrogen-bond donors (Lipinski definition) is 1. The van der Waals surface area contributed by atoms with Crippen LogP contribution in [0.1, 0.15) is 12.5 Å². The Labute approximate surface area is 138 Å². The number of rotatable bonds is 6. The fourth-order valence-corrected chi connectivity index (χ4v) is 2.67. The zero-order valence-corrected chi connectivity index (χ0v) is 13.9. The van der Waals surface area contributed by atoms with Crippen LogP contribution in [0.5, 0.6) is 0 Å². The summed E-state index contributed by atoms with van der Waals surface area (Å²) in [4.78, 5) is 24.2. The maximum Gasteiger partial charge on any atom is 0.326 e. The van der Waals surface area contributed by atoms with Gasteiger partial charge >= 0.3 is 5.97 Å². The maximum absolute atomic E-state index is 12.1. The Balaban J connectivity index is 2.05. The van der Waals surface area contributed by atoms with Crippen LogP contribution in [0.4, 0.5) is 0 Å². The highest BCUT2D eigenvalue weighted by Gasteiger charge is 2.22. The second-order valence-corrected chi connectivity index (χ2v) is 6.07. The van der Waals surface area contributed by atoms with Crippen molar-refractivity contribution in [3.8, 4) is 5.69 Å². The second-order valence-electron chi connectivity index (χ2n) is 5.13. The van der Waals surface area contributed by atoms with Gasteiger partial charge < -0.3 is 10.0 Å². The SMILES string of the molecule is Cc1ccc(-n2cnnc2SCC(=O)N(C)C(C)C(=O)O)cc1. The number of carbonyl (C=O) groups excluding carboxylic acids is 1. The van der Waals surface area contributed by atoms with Crippen LogP contribution >= 0.6 is 11.8 Å². The van der Waals surface area contributed by atoms with E-state index < -0.39 is 12.0 Å². The van der Waals surface area contributed by atoms with E-state index in [4.69, 9.17) is 5.11 Å². The van der Waals surface area contributed by atoms with Crippen molar-refractivity contribution in [1.82, 2.24) is 19.7 Å². The first-order chi connectivity index (χ1) is 10.9. The van der Waals surface area contributed by atoms with Gasteiger partial charge in [0.2, 0.25) is 5.91 Å². The predicted molar refractivity (Wildman–Crippen MR) is 86.7 cm³/mol. The van der Waals surface area contributed by atoms with Gasteiger partial charge in [-0.2, -0.15) is 0 Å². The number of thioether (sulfide) groups is 1. The lowest BCUT2D eigenvalue weighted by atomic mass is 10.2. The Hall–Kier alpha value is -2.35. The normalized spacial score (nSPS) is 12.0. The lowest BCUT2D eigenvalue weighted by Crippen LogP contribution is -2.41. The molecule has 1 N–H and O–H groups in total. The first-order valence-corrected chi connectivity index (χ1v) is 7.97. The largest absolute Gasteiger partial charge is 0.480 e. The summed E-state index contributed by atoms with van der Waals surface area (Å²) >= 11 is 1.22. The van der Waals surface area contributed by atoms with Gasteiger partial charge in [0.15, 0.2) is 5.16 Å². The van der Waals surface area contributed by atoms with Crippen molar-refractivity contribution >= 4 is 23.6 Å². The number of nitrogens with zero attached hydrogens (tertiary/aromatic N) is 4. The molecular formula is C15H18N4O3S. The number of likely N-dealkylation sites (N-methyl/N-ethyl adjacent to an activating group) is 1. The smallest absolute Gasteiger partial charge is 0.326 e. The summed E-state index contributed by atoms with van der Waals surface area (Å²) in [5, 5.41) is 17.4. The molecule has 23 heavy (non-hydrogen) atoms. The Morgan fingerprint density at radius 2 is 2.00 bits per heavy atom. The molecule has 1 amide bonds. The molecule has 0 radical (unpaired) electrons. The molecule has 1 heterocycles. The van der Waals surface area contributed by atoms with E-state index >= 15 is 0 Å². The first-order valence-electron chi connectivity index (χ1n) is 6.98. The quantitative estimate of drug-likeness (QED) is 0.807. The number of hydrogen-bond acceptors (Lipinski definition) is 5. The van der Waals surface area contributed by atoms with Crippen LogP contribution in [0.15, 0.2) is 35.7 Å². The van der Waals surface area contributed by atoms with Crippen molar-refractivity contribution in [2.75, 3.05) is 12.8 Å². The zero-order chi connectivity index (χ0) is 17.0. The van der Waals surface area contributed by atoms with Gasteiger partial charge in [-0.3, -0.25) is 9.36 Å². The third kappa shape index (κ3) is 4.10. The van der Waals surface area contributed by atoms with Gasteiger partial charge in [-0.15, -0.1) is 10.2 Å². The molecule has 0 spiro atoms. The van der Waals surface area contributed by atoms with E-state index in [2.05, 4.69) is 10.2 Å². The summed E-state index contributed by atoms with van der Waals surface area (Å²) in [6.45, 7) is 3.48. The Bertz CT molecular complexity index is 699. The molecule has 0 fully saturated rings. The highest BCUT2D eigenvalue weighted by Crippen LogP contribution is 2.20. The van der Waals surface area contributed by atoms with Crippen LogP contribution < -0.4 is 0 Å². The third-order valence-corrected chi connectivity index (χ3v) is 4.41. The molecule has 0 aliphatic heterocycles. The minimum Gasteiger partial charge on any atom is -0.480 e. The number of carbonyl (C=O) groups is 2. The van der Waals surface area contributed by atoms with Crippen LogP contribution in [0.2, 0.25) is 0 Å². The molecule has 122 valence electrons. The summed E-state index contributed by atoms with van der Waals surface area (Å²) in [6, 6.07) is 7.00. The molecule has 8 heteroatoms. The van der Waals surface area contributed by atoms with Crippen molar-refractivity contribution in [2.45, 2.75) is 25.0 Å². The molecule has 0 aliphatic carbocycles. The highest BCUT2D eigenvalue weighted by atomic mass is 32.2. The molecule has 2 aromatic rings. The molecule has 1 unspecified atom stereocenters. The minimum absolute atomic E-state index is 0.0959. The van der Waals surface area contributed by atoms with Crippen LogP contribution in [0, 0.1) is 6.92 Å². The zero-order valence-electron chi connectivity index (χ0n) is 13.1. The molecule has 2 rings (SSSR count). The topological polar surface area (TPSA) is 88.3 Å². The van der Waals surface area contributed by atoms with E-state index in [-0.39, 0.29) is 11.7 Å². The molecule has 1 atom stereocenters. The number of benzene rings is 1. The fourth-order valence-electron chi connectivity index (χ4n) is 1.82. The van der Waals surface area contributed by atoms with Crippen LogP contribution in [0.3, 0.4) is 0 Å². The number of amides is 1. The molecule has 0 saturated heterocycles. The van der Waals surface area contributed by atoms with Crippen molar-refractivity contribution in [3.05, 3.63) is 36.2 Å². The number of aliphatic carboxylic acids is 1. The molecule has 0 aliphatic rings. The van der Waals surface area contributed by atoms with Gasteiger partial charge in [-0.05, 0) is 26.0 Å². The summed E-state index contributed by atoms with van der Waals surface area (Å²) in [7, 11) is 1.48. The molecule has 0 saturated carbocycles. The van der Waals surface area contributed by atoms with Gasteiger partial charge in [0, 0.05) is 12.7 Å². The van der Waals surface area contributed by atoms with Crippen molar-refractivity contribution in [1.29, 1.82) is 0 Å². The fraction of sp³-hybridized carbons (Fsp3) is 0.333. The highest BCUT2D eigenvalue weighted by molar-refractivity contribution is 7.99. The summed E-state index contributed by atoms with van der Waals surface area (Å²) in [5.41, 5.74) is 2.05. The van der Waals surface area contributed by atoms with Crippen molar-refractivity contribution < 1.29 is 14.7 Å². The van der Waals surface area contributed by atoms with Crippen LogP contribution in [-0.2, 0) is 9.59 Å². The lowest BCUT2D eigenvalue weighted by molar-refractivity contribution is -0.147. The number of carboxylic acid groups (broad SMARTS) is 1. The van der Waals surface area contributed by atoms with Crippen LogP contribution in [-0.4, -0.2) is 55.5 Å². The standard InChI is InChI=1S/C15H18N4O3S/c1-10-4-6-12(7-5-10)19-9-16-17-15(19)23-8-13(20)18(3)11(2)14(21)22/h4-7,9,11H,8H2,1-3H3,(H,21,22). The third-order valence-electron chi connectivity index (χ3n) is 3.49. The van der Waals surface area contributed by atoms with Gasteiger partial charge in [-0.1, -0.05) is 29.5 Å². The van der Waals surface area contributed by atoms with Gasteiger partial charge in [0.1, 0.15) is 12.4 Å². The minimum atomic E-state index is -1.03. The summed E-state index contributed by atoms with van der Waals surface area (Å²) in [5.74, 6) is -1.21. The Kier molecular flexibility index (Phi) is 5.38. The average Bonchev–Trinajstić information content (AvgIpc) is 3.00. The predicted octanol–water partition coefficient (Wildman–Crippen LogP) is 1.60. The summed E-state index contributed by atoms with van der Waals surface area (Å²) < 4.78 is 1.79. The molecule has 1 aromatic carbocycles. The molecule has 7 nitrogen and oxygen atoms in total. The van der Waals surface area contributed by atoms with Gasteiger partial charge in [0.05, 0.1) is 5.75 Å². The van der Waals surface area contributed by atoms with E-state index in [1.807, 2.05) is 31.2 Å². The Morgan fingerprint density at radius 3 is 2.61 bits per heavy atom. The Morgan fingerprint density at radius 1 is 1.35 bits per heavy atom. The molecule has 1 aromatic heterocycles. The van der Waals surface area contributed by atoms with E-state index in [1.165, 1.54) is 30.6 Å². The van der Waals surface area contributed by atoms with E-state index in [0.29, 0.717) is 5.16 Å². The molecule has 0 bridgehead atoms. The number of aryl methyl sites for hydroxylation is 1. The number of carboxylic acids is 1. The maximum atomic E-state index is 12.1.